The Morgan fingerprint density at radius 1 is 1.33 bits per heavy atom. The van der Waals surface area contributed by atoms with Crippen molar-refractivity contribution in [2.75, 3.05) is 12.9 Å². The first-order valence-electron chi connectivity index (χ1n) is 7.88. The van der Waals surface area contributed by atoms with Crippen LogP contribution in [0, 0.1) is 0 Å². The standard InChI is InChI=1S/C17H17N5O4S/c1-24-13-4-2-12(3-5-13)9-25-16-7-6-14(26-16)8-19-21-15(23)10-27-17-18-11-20-22-17/h2-8,11H,9-10H2,1H3,(H,21,23)(H,18,20,22)/b19-8+. The average Bonchev–Trinajstić information content (AvgIpc) is 3.37. The maximum absolute atomic E-state index is 11.7. The van der Waals surface area contributed by atoms with E-state index in [1.54, 1.807) is 19.2 Å². The van der Waals surface area contributed by atoms with Gasteiger partial charge in [0.05, 0.1) is 19.1 Å². The number of benzene rings is 1. The molecule has 27 heavy (non-hydrogen) atoms. The number of aromatic nitrogens is 3. The fourth-order valence-corrected chi connectivity index (χ4v) is 2.53. The highest BCUT2D eigenvalue weighted by atomic mass is 32.2. The molecule has 2 aromatic heterocycles. The highest BCUT2D eigenvalue weighted by Crippen LogP contribution is 2.17. The summed E-state index contributed by atoms with van der Waals surface area (Å²) in [5.41, 5.74) is 3.39. The quantitative estimate of drug-likeness (QED) is 0.329. The van der Waals surface area contributed by atoms with Crippen molar-refractivity contribution in [3.63, 3.8) is 0 Å². The molecule has 0 aliphatic rings. The van der Waals surface area contributed by atoms with Crippen molar-refractivity contribution in [1.29, 1.82) is 0 Å². The maximum Gasteiger partial charge on any atom is 0.285 e. The number of carbonyl (C=O) groups excluding carboxylic acids is 1. The van der Waals surface area contributed by atoms with Gasteiger partial charge in [0.25, 0.3) is 11.9 Å². The van der Waals surface area contributed by atoms with E-state index in [1.165, 1.54) is 24.3 Å². The Labute approximate surface area is 159 Å². The predicted octanol–water partition coefficient (Wildman–Crippen LogP) is 2.23. The predicted molar refractivity (Wildman–Crippen MR) is 98.9 cm³/mol. The zero-order valence-electron chi connectivity index (χ0n) is 14.4. The first kappa shape index (κ1) is 18.5. The van der Waals surface area contributed by atoms with Crippen LogP contribution in [0.15, 0.2) is 57.4 Å². The van der Waals surface area contributed by atoms with E-state index in [9.17, 15) is 4.79 Å². The van der Waals surface area contributed by atoms with Gasteiger partial charge in [-0.05, 0) is 23.8 Å². The highest BCUT2D eigenvalue weighted by molar-refractivity contribution is 7.99. The number of carbonyl (C=O) groups is 1. The Morgan fingerprint density at radius 3 is 2.93 bits per heavy atom. The fourth-order valence-electron chi connectivity index (χ4n) is 1.96. The maximum atomic E-state index is 11.7. The molecule has 140 valence electrons. The number of nitrogens with one attached hydrogen (secondary N) is 2. The van der Waals surface area contributed by atoms with Gasteiger partial charge in [-0.15, -0.1) is 0 Å². The molecule has 0 unspecified atom stereocenters. The number of hydrogen-bond donors (Lipinski definition) is 2. The molecule has 1 aromatic carbocycles. The number of aromatic amines is 1. The van der Waals surface area contributed by atoms with Crippen LogP contribution in [0.3, 0.4) is 0 Å². The molecule has 0 fully saturated rings. The van der Waals surface area contributed by atoms with Gasteiger partial charge in [0.15, 0.2) is 10.9 Å². The molecule has 0 aliphatic carbocycles. The van der Waals surface area contributed by atoms with Crippen molar-refractivity contribution >= 4 is 23.9 Å². The number of hydrazone groups is 1. The number of ether oxygens (including phenoxy) is 2. The molecule has 3 rings (SSSR count). The third-order valence-electron chi connectivity index (χ3n) is 3.26. The molecule has 2 heterocycles. The summed E-state index contributed by atoms with van der Waals surface area (Å²) < 4.78 is 16.2. The Kier molecular flexibility index (Phi) is 6.47. The number of rotatable bonds is 9. The van der Waals surface area contributed by atoms with Crippen molar-refractivity contribution in [2.24, 2.45) is 5.10 Å². The van der Waals surface area contributed by atoms with Crippen molar-refractivity contribution < 1.29 is 18.7 Å². The summed E-state index contributed by atoms with van der Waals surface area (Å²) in [5.74, 6) is 1.51. The summed E-state index contributed by atoms with van der Waals surface area (Å²) in [4.78, 5) is 15.6. The summed E-state index contributed by atoms with van der Waals surface area (Å²) >= 11 is 1.23. The molecule has 0 spiro atoms. The van der Waals surface area contributed by atoms with Crippen LogP contribution in [-0.2, 0) is 11.4 Å². The monoisotopic (exact) mass is 387 g/mol. The molecule has 0 aliphatic heterocycles. The first-order valence-corrected chi connectivity index (χ1v) is 8.87. The van der Waals surface area contributed by atoms with Gasteiger partial charge < -0.3 is 13.9 Å². The SMILES string of the molecule is COc1ccc(COc2ccc(/C=N/NC(=O)CSc3ncn[nH]3)o2)cc1. The van der Waals surface area contributed by atoms with E-state index >= 15 is 0 Å². The number of H-pyrrole nitrogens is 1. The van der Waals surface area contributed by atoms with Crippen molar-refractivity contribution in [3.8, 4) is 11.7 Å². The Bertz CT molecular complexity index is 877. The minimum Gasteiger partial charge on any atom is -0.497 e. The fraction of sp³-hybridized carbons (Fsp3) is 0.176. The summed E-state index contributed by atoms with van der Waals surface area (Å²) in [7, 11) is 1.62. The molecule has 0 saturated heterocycles. The van der Waals surface area contributed by atoms with E-state index in [-0.39, 0.29) is 11.7 Å². The molecule has 2 N–H and O–H groups in total. The van der Waals surface area contributed by atoms with Gasteiger partial charge in [0, 0.05) is 6.07 Å². The van der Waals surface area contributed by atoms with Crippen LogP contribution < -0.4 is 14.9 Å². The lowest BCUT2D eigenvalue weighted by atomic mass is 10.2. The Balaban J connectivity index is 1.41. The van der Waals surface area contributed by atoms with Gasteiger partial charge in [0.1, 0.15) is 18.7 Å². The molecule has 3 aromatic rings. The molecule has 0 atom stereocenters. The van der Waals surface area contributed by atoms with E-state index in [1.807, 2.05) is 24.3 Å². The molecular weight excluding hydrogens is 370 g/mol. The molecule has 0 radical (unpaired) electrons. The summed E-state index contributed by atoms with van der Waals surface area (Å²) in [6.07, 6.45) is 2.78. The lowest BCUT2D eigenvalue weighted by Gasteiger charge is -2.04. The van der Waals surface area contributed by atoms with Crippen LogP contribution in [0.1, 0.15) is 11.3 Å². The molecular formula is C17H17N5O4S. The van der Waals surface area contributed by atoms with Gasteiger partial charge in [0.2, 0.25) is 0 Å². The lowest BCUT2D eigenvalue weighted by Crippen LogP contribution is -2.19. The van der Waals surface area contributed by atoms with E-state index in [2.05, 4.69) is 25.7 Å². The third kappa shape index (κ3) is 5.89. The van der Waals surface area contributed by atoms with Crippen LogP contribution in [0.4, 0.5) is 0 Å². The largest absolute Gasteiger partial charge is 0.497 e. The molecule has 10 heteroatoms. The molecule has 9 nitrogen and oxygen atoms in total. The average molecular weight is 387 g/mol. The van der Waals surface area contributed by atoms with Crippen molar-refractivity contribution in [1.82, 2.24) is 20.6 Å². The van der Waals surface area contributed by atoms with Gasteiger partial charge in [-0.25, -0.2) is 10.4 Å². The number of hydrogen-bond acceptors (Lipinski definition) is 8. The van der Waals surface area contributed by atoms with Crippen molar-refractivity contribution in [2.45, 2.75) is 11.8 Å². The summed E-state index contributed by atoms with van der Waals surface area (Å²) in [6, 6.07) is 10.9. The minimum absolute atomic E-state index is 0.168. The van der Waals surface area contributed by atoms with Crippen LogP contribution in [0.5, 0.6) is 11.7 Å². The van der Waals surface area contributed by atoms with Gasteiger partial charge in [-0.2, -0.15) is 10.2 Å². The first-order chi connectivity index (χ1) is 13.2. The highest BCUT2D eigenvalue weighted by Gasteiger charge is 2.05. The van der Waals surface area contributed by atoms with E-state index in [0.717, 1.165) is 11.3 Å². The minimum atomic E-state index is -0.268. The van der Waals surface area contributed by atoms with Gasteiger partial charge >= 0.3 is 0 Å². The van der Waals surface area contributed by atoms with Crippen LogP contribution >= 0.6 is 11.8 Å². The van der Waals surface area contributed by atoms with E-state index in [4.69, 9.17) is 13.9 Å². The van der Waals surface area contributed by atoms with Gasteiger partial charge in [-0.1, -0.05) is 23.9 Å². The lowest BCUT2D eigenvalue weighted by molar-refractivity contribution is -0.118. The topological polar surface area (TPSA) is 115 Å². The smallest absolute Gasteiger partial charge is 0.285 e. The second kappa shape index (κ2) is 9.43. The molecule has 0 bridgehead atoms. The van der Waals surface area contributed by atoms with Crippen molar-refractivity contribution in [3.05, 3.63) is 54.0 Å². The zero-order valence-corrected chi connectivity index (χ0v) is 15.2. The molecule has 0 saturated carbocycles. The van der Waals surface area contributed by atoms with Crippen LogP contribution in [0.25, 0.3) is 0 Å². The van der Waals surface area contributed by atoms with Crippen LogP contribution in [-0.4, -0.2) is 40.2 Å². The number of methoxy groups -OCH3 is 1. The van der Waals surface area contributed by atoms with E-state index < -0.39 is 0 Å². The summed E-state index contributed by atoms with van der Waals surface area (Å²) in [5, 5.41) is 10.8. The van der Waals surface area contributed by atoms with Gasteiger partial charge in [-0.3, -0.25) is 9.89 Å². The number of nitrogens with zero attached hydrogens (tertiary/aromatic N) is 3. The third-order valence-corrected chi connectivity index (χ3v) is 4.13. The second-order valence-corrected chi connectivity index (χ2v) is 6.13. The zero-order chi connectivity index (χ0) is 18.9. The summed E-state index contributed by atoms with van der Waals surface area (Å²) in [6.45, 7) is 0.365. The Hall–Kier alpha value is -3.27. The number of amides is 1. The Morgan fingerprint density at radius 2 is 2.19 bits per heavy atom. The number of furan rings is 1. The molecule has 1 amide bonds. The number of thioether (sulfide) groups is 1. The normalized spacial score (nSPS) is 10.9. The van der Waals surface area contributed by atoms with E-state index in [0.29, 0.717) is 23.5 Å². The second-order valence-electron chi connectivity index (χ2n) is 5.17. The van der Waals surface area contributed by atoms with Crippen LogP contribution in [0.2, 0.25) is 0 Å².